The van der Waals surface area contributed by atoms with Gasteiger partial charge in [0.25, 0.3) is 5.91 Å². The fourth-order valence-corrected chi connectivity index (χ4v) is 6.63. The molecular formula is C44H42N2O4. The third kappa shape index (κ3) is 8.27. The molecule has 1 heterocycles. The fraction of sp³-hybridized carbons (Fsp3) is 0.205. The van der Waals surface area contributed by atoms with Gasteiger partial charge in [-0.2, -0.15) is 0 Å². The van der Waals surface area contributed by atoms with Crippen LogP contribution >= 0.6 is 0 Å². The van der Waals surface area contributed by atoms with Crippen LogP contribution in [0.2, 0.25) is 0 Å². The summed E-state index contributed by atoms with van der Waals surface area (Å²) in [6, 6.07) is 40.5. The largest absolute Gasteiger partial charge is 0.461 e. The Kier molecular flexibility index (Phi) is 10.7. The monoisotopic (exact) mass is 662 g/mol. The number of Topliss-reactive ketones (excluding diaryl/α,β-unsaturated/α-hetero) is 1. The van der Waals surface area contributed by atoms with Crippen molar-refractivity contribution in [1.82, 2.24) is 9.88 Å². The van der Waals surface area contributed by atoms with Crippen LogP contribution in [0.25, 0.3) is 22.0 Å². The van der Waals surface area contributed by atoms with Crippen molar-refractivity contribution in [2.45, 2.75) is 45.8 Å². The Hall–Kier alpha value is -5.75. The molecule has 0 aliphatic carbocycles. The molecule has 2 atom stereocenters. The number of hydrogen-bond acceptors (Lipinski definition) is 4. The first-order valence-electron chi connectivity index (χ1n) is 17.0. The summed E-state index contributed by atoms with van der Waals surface area (Å²) in [5.74, 6) is -1.63. The Bertz CT molecular complexity index is 2060. The molecule has 0 spiro atoms. The highest BCUT2D eigenvalue weighted by molar-refractivity contribution is 5.99. The number of aromatic nitrogens is 1. The lowest BCUT2D eigenvalue weighted by Crippen LogP contribution is -2.45. The predicted octanol–water partition coefficient (Wildman–Crippen LogP) is 8.70. The summed E-state index contributed by atoms with van der Waals surface area (Å²) < 4.78 is 5.83. The number of nitrogens with one attached hydrogen (secondary N) is 1. The first-order chi connectivity index (χ1) is 24.2. The zero-order valence-electron chi connectivity index (χ0n) is 28.8. The highest BCUT2D eigenvalue weighted by Crippen LogP contribution is 2.26. The SMILES string of the molecule is Cc1cc(C)cc(C(=O)N(C)[C@H](Cc2ccc(-c3ccccc3)cc2)C(=O)CC(Cc2c[nH]c3ccccc23)C(=O)OCc2ccccc2)c1. The summed E-state index contributed by atoms with van der Waals surface area (Å²) in [6.45, 7) is 4.02. The molecule has 0 radical (unpaired) electrons. The first-order valence-corrected chi connectivity index (χ1v) is 17.0. The number of likely N-dealkylation sites (N-methyl/N-ethyl adjacent to an activating group) is 1. The Morgan fingerprint density at radius 3 is 2.02 bits per heavy atom. The number of H-pyrrole nitrogens is 1. The molecule has 50 heavy (non-hydrogen) atoms. The summed E-state index contributed by atoms with van der Waals surface area (Å²) in [6.07, 6.45) is 2.44. The molecule has 1 N–H and O–H groups in total. The summed E-state index contributed by atoms with van der Waals surface area (Å²) >= 11 is 0. The number of nitrogens with zero attached hydrogens (tertiary/aromatic N) is 1. The van der Waals surface area contributed by atoms with E-state index in [4.69, 9.17) is 4.74 Å². The van der Waals surface area contributed by atoms with E-state index in [-0.39, 0.29) is 24.7 Å². The average molecular weight is 663 g/mol. The van der Waals surface area contributed by atoms with Crippen LogP contribution in [0.3, 0.4) is 0 Å². The predicted molar refractivity (Wildman–Crippen MR) is 199 cm³/mol. The Morgan fingerprint density at radius 2 is 1.32 bits per heavy atom. The third-order valence-corrected chi connectivity index (χ3v) is 9.26. The molecule has 0 saturated carbocycles. The van der Waals surface area contributed by atoms with E-state index < -0.39 is 17.9 Å². The Morgan fingerprint density at radius 1 is 0.700 bits per heavy atom. The fourth-order valence-electron chi connectivity index (χ4n) is 6.63. The number of carbonyl (C=O) groups is 3. The van der Waals surface area contributed by atoms with Crippen molar-refractivity contribution in [1.29, 1.82) is 0 Å². The number of carbonyl (C=O) groups excluding carboxylic acids is 3. The second-order valence-corrected chi connectivity index (χ2v) is 13.1. The van der Waals surface area contributed by atoms with E-state index in [0.29, 0.717) is 18.4 Å². The standard InChI is InChI=1S/C44H42N2O4/c1-30-22-31(2)24-36(23-30)43(48)46(3)41(25-32-18-20-35(21-19-32)34-14-8-5-9-15-34)42(47)27-37(44(49)50-29-33-12-6-4-7-13-33)26-38-28-45-40-17-11-10-16-39(38)40/h4-24,28,37,41,45H,25-27,29H2,1-3H3/t37?,41-/m1/s1. The Balaban J connectivity index is 1.29. The second-order valence-electron chi connectivity index (χ2n) is 13.1. The second kappa shape index (κ2) is 15.6. The maximum Gasteiger partial charge on any atom is 0.310 e. The van der Waals surface area contributed by atoms with Crippen LogP contribution in [-0.2, 0) is 33.8 Å². The molecule has 1 aromatic heterocycles. The van der Waals surface area contributed by atoms with Crippen LogP contribution in [0.4, 0.5) is 0 Å². The van der Waals surface area contributed by atoms with Gasteiger partial charge < -0.3 is 14.6 Å². The summed E-state index contributed by atoms with van der Waals surface area (Å²) in [5.41, 5.74) is 8.32. The van der Waals surface area contributed by atoms with Gasteiger partial charge in [-0.3, -0.25) is 14.4 Å². The molecule has 0 aliphatic heterocycles. The molecule has 1 amide bonds. The van der Waals surface area contributed by atoms with Crippen molar-refractivity contribution in [3.8, 4) is 11.1 Å². The summed E-state index contributed by atoms with van der Waals surface area (Å²) in [5, 5.41) is 0.998. The van der Waals surface area contributed by atoms with E-state index in [9.17, 15) is 14.4 Å². The minimum Gasteiger partial charge on any atom is -0.461 e. The molecule has 0 saturated heterocycles. The zero-order chi connectivity index (χ0) is 35.0. The number of hydrogen-bond donors (Lipinski definition) is 1. The molecular weight excluding hydrogens is 620 g/mol. The average Bonchev–Trinajstić information content (AvgIpc) is 3.55. The molecule has 0 fully saturated rings. The highest BCUT2D eigenvalue weighted by Gasteiger charge is 2.33. The number of esters is 1. The maximum atomic E-state index is 14.5. The number of benzene rings is 5. The smallest absolute Gasteiger partial charge is 0.310 e. The van der Waals surface area contributed by atoms with Gasteiger partial charge in [-0.1, -0.05) is 120 Å². The Labute approximate surface area is 293 Å². The minimum atomic E-state index is -0.807. The summed E-state index contributed by atoms with van der Waals surface area (Å²) in [4.78, 5) is 47.1. The molecule has 1 unspecified atom stereocenters. The molecule has 5 aromatic carbocycles. The molecule has 0 bridgehead atoms. The number of aryl methyl sites for hydroxylation is 2. The first kappa shape index (κ1) is 34.1. The van der Waals surface area contributed by atoms with E-state index in [1.807, 2.05) is 135 Å². The van der Waals surface area contributed by atoms with Crippen molar-refractivity contribution >= 4 is 28.6 Å². The van der Waals surface area contributed by atoms with Crippen molar-refractivity contribution in [3.63, 3.8) is 0 Å². The van der Waals surface area contributed by atoms with Crippen LogP contribution in [0.1, 0.15) is 44.6 Å². The lowest BCUT2D eigenvalue weighted by Gasteiger charge is -2.29. The lowest BCUT2D eigenvalue weighted by molar-refractivity contribution is -0.151. The molecule has 6 aromatic rings. The van der Waals surface area contributed by atoms with Crippen molar-refractivity contribution < 1.29 is 19.1 Å². The lowest BCUT2D eigenvalue weighted by atomic mass is 9.89. The van der Waals surface area contributed by atoms with E-state index in [2.05, 4.69) is 17.1 Å². The number of ether oxygens (including phenoxy) is 1. The highest BCUT2D eigenvalue weighted by atomic mass is 16.5. The van der Waals surface area contributed by atoms with Gasteiger partial charge >= 0.3 is 5.97 Å². The number of ketones is 1. The van der Waals surface area contributed by atoms with Gasteiger partial charge in [0.05, 0.1) is 12.0 Å². The maximum absolute atomic E-state index is 14.5. The number of amides is 1. The third-order valence-electron chi connectivity index (χ3n) is 9.26. The van der Waals surface area contributed by atoms with Crippen LogP contribution in [-0.4, -0.2) is 40.6 Å². The van der Waals surface area contributed by atoms with E-state index >= 15 is 0 Å². The molecule has 6 nitrogen and oxygen atoms in total. The number of para-hydroxylation sites is 1. The van der Waals surface area contributed by atoms with Gasteiger partial charge in [0.1, 0.15) is 6.61 Å². The van der Waals surface area contributed by atoms with Crippen molar-refractivity contribution in [3.05, 3.63) is 167 Å². The number of rotatable bonds is 13. The topological polar surface area (TPSA) is 79.5 Å². The normalized spacial score (nSPS) is 12.3. The van der Waals surface area contributed by atoms with E-state index in [0.717, 1.165) is 49.8 Å². The minimum absolute atomic E-state index is 0.0790. The van der Waals surface area contributed by atoms with Crippen LogP contribution in [0.15, 0.2) is 134 Å². The van der Waals surface area contributed by atoms with E-state index in [1.54, 1.807) is 11.9 Å². The number of fused-ring (bicyclic) bond motifs is 1. The zero-order valence-corrected chi connectivity index (χ0v) is 28.8. The van der Waals surface area contributed by atoms with Crippen LogP contribution in [0, 0.1) is 19.8 Å². The van der Waals surface area contributed by atoms with Gasteiger partial charge in [-0.25, -0.2) is 0 Å². The van der Waals surface area contributed by atoms with E-state index in [1.165, 1.54) is 0 Å². The molecule has 252 valence electrons. The quantitative estimate of drug-likeness (QED) is 0.126. The summed E-state index contributed by atoms with van der Waals surface area (Å²) in [7, 11) is 1.68. The van der Waals surface area contributed by atoms with Crippen LogP contribution < -0.4 is 0 Å². The molecule has 6 rings (SSSR count). The van der Waals surface area contributed by atoms with Gasteiger partial charge in [0.15, 0.2) is 5.78 Å². The van der Waals surface area contributed by atoms with Gasteiger partial charge in [0.2, 0.25) is 0 Å². The van der Waals surface area contributed by atoms with Gasteiger partial charge in [0, 0.05) is 36.1 Å². The molecule has 6 heteroatoms. The van der Waals surface area contributed by atoms with Crippen LogP contribution in [0.5, 0.6) is 0 Å². The molecule has 0 aliphatic rings. The van der Waals surface area contributed by atoms with Gasteiger partial charge in [-0.05, 0) is 72.7 Å². The van der Waals surface area contributed by atoms with Gasteiger partial charge in [-0.15, -0.1) is 0 Å². The number of aromatic amines is 1. The van der Waals surface area contributed by atoms with Crippen molar-refractivity contribution in [2.24, 2.45) is 5.92 Å². The van der Waals surface area contributed by atoms with Crippen molar-refractivity contribution in [2.75, 3.05) is 7.05 Å².